The van der Waals surface area contributed by atoms with Crippen LogP contribution in [-0.4, -0.2) is 17.9 Å². The third-order valence-corrected chi connectivity index (χ3v) is 3.50. The van der Waals surface area contributed by atoms with Crippen molar-refractivity contribution >= 4 is 23.3 Å². The molecule has 2 aromatic rings. The smallest absolute Gasteiger partial charge is 0.140 e. The molecule has 0 radical (unpaired) electrons. The summed E-state index contributed by atoms with van der Waals surface area (Å²) < 4.78 is 0. The molecule has 0 atom stereocenters. The van der Waals surface area contributed by atoms with E-state index in [0.717, 1.165) is 22.6 Å². The maximum absolute atomic E-state index is 7.78. The van der Waals surface area contributed by atoms with Crippen LogP contribution in [0.4, 0.5) is 5.82 Å². The molecule has 4 nitrogen and oxygen atoms in total. The van der Waals surface area contributed by atoms with Crippen molar-refractivity contribution in [2.24, 2.45) is 5.73 Å². The predicted octanol–water partition coefficient (Wildman–Crippen LogP) is 3.27. The first-order valence-corrected chi connectivity index (χ1v) is 7.04. The molecule has 2 rings (SSSR count). The lowest BCUT2D eigenvalue weighted by atomic mass is 10.1. The average Bonchev–Trinajstić information content (AvgIpc) is 2.37. The Labute approximate surface area is 130 Å². The summed E-state index contributed by atoms with van der Waals surface area (Å²) in [6.45, 7) is 4.53. The summed E-state index contributed by atoms with van der Waals surface area (Å²) in [7, 11) is 1.94. The molecule has 0 saturated heterocycles. The van der Waals surface area contributed by atoms with E-state index in [4.69, 9.17) is 22.7 Å². The van der Waals surface area contributed by atoms with Gasteiger partial charge in [-0.1, -0.05) is 23.7 Å². The Bertz CT molecular complexity index is 682. The molecule has 5 heteroatoms. The number of nitrogens with two attached hydrogens (primary N) is 1. The number of aromatic nitrogens is 1. The van der Waals surface area contributed by atoms with E-state index >= 15 is 0 Å². The molecule has 0 bridgehead atoms. The molecule has 0 amide bonds. The second kappa shape index (κ2) is 6.14. The van der Waals surface area contributed by atoms with Crippen LogP contribution in [0.5, 0.6) is 0 Å². The highest BCUT2D eigenvalue weighted by Gasteiger charge is 2.15. The van der Waals surface area contributed by atoms with Gasteiger partial charge in [-0.05, 0) is 43.2 Å². The highest BCUT2D eigenvalue weighted by molar-refractivity contribution is 6.30. The van der Waals surface area contributed by atoms with Crippen molar-refractivity contribution in [1.82, 2.24) is 4.98 Å². The first kappa shape index (κ1) is 15.3. The Balaban J connectivity index is 2.39. The van der Waals surface area contributed by atoms with Crippen LogP contribution in [0.2, 0.25) is 5.02 Å². The minimum Gasteiger partial charge on any atom is -0.384 e. The molecule has 1 heterocycles. The molecule has 21 heavy (non-hydrogen) atoms. The maximum atomic E-state index is 7.78. The van der Waals surface area contributed by atoms with Crippen LogP contribution in [0.15, 0.2) is 30.3 Å². The van der Waals surface area contributed by atoms with Gasteiger partial charge in [0.15, 0.2) is 0 Å². The van der Waals surface area contributed by atoms with E-state index in [1.165, 1.54) is 0 Å². The quantitative estimate of drug-likeness (QED) is 0.673. The second-order valence-electron chi connectivity index (χ2n) is 5.18. The van der Waals surface area contributed by atoms with Crippen LogP contribution in [0, 0.1) is 19.3 Å². The van der Waals surface area contributed by atoms with Crippen molar-refractivity contribution in [2.75, 3.05) is 11.9 Å². The number of anilines is 1. The predicted molar refractivity (Wildman–Crippen MR) is 88.3 cm³/mol. The number of pyridine rings is 1. The van der Waals surface area contributed by atoms with Gasteiger partial charge in [-0.15, -0.1) is 0 Å². The minimum absolute atomic E-state index is 0.0351. The van der Waals surface area contributed by atoms with E-state index in [9.17, 15) is 0 Å². The lowest BCUT2D eigenvalue weighted by Gasteiger charge is -2.23. The van der Waals surface area contributed by atoms with Crippen LogP contribution in [0.1, 0.15) is 22.4 Å². The molecule has 0 aliphatic carbocycles. The van der Waals surface area contributed by atoms with Crippen molar-refractivity contribution in [1.29, 1.82) is 5.41 Å². The van der Waals surface area contributed by atoms with Crippen LogP contribution in [0.25, 0.3) is 0 Å². The molecular formula is C16H19ClN4. The maximum Gasteiger partial charge on any atom is 0.140 e. The van der Waals surface area contributed by atoms with Gasteiger partial charge in [0.2, 0.25) is 0 Å². The molecule has 0 aliphatic heterocycles. The molecule has 0 aliphatic rings. The molecule has 0 spiro atoms. The van der Waals surface area contributed by atoms with E-state index in [0.29, 0.717) is 17.1 Å². The zero-order valence-corrected chi connectivity index (χ0v) is 13.2. The monoisotopic (exact) mass is 302 g/mol. The van der Waals surface area contributed by atoms with Crippen molar-refractivity contribution in [2.45, 2.75) is 20.4 Å². The fourth-order valence-corrected chi connectivity index (χ4v) is 2.62. The third kappa shape index (κ3) is 3.52. The molecule has 0 unspecified atom stereocenters. The van der Waals surface area contributed by atoms with Crippen LogP contribution < -0.4 is 10.6 Å². The van der Waals surface area contributed by atoms with Crippen LogP contribution >= 0.6 is 11.6 Å². The highest BCUT2D eigenvalue weighted by Crippen LogP contribution is 2.23. The summed E-state index contributed by atoms with van der Waals surface area (Å²) >= 11 is 6.02. The van der Waals surface area contributed by atoms with Gasteiger partial charge >= 0.3 is 0 Å². The van der Waals surface area contributed by atoms with E-state index in [1.807, 2.05) is 56.1 Å². The molecule has 0 saturated carbocycles. The van der Waals surface area contributed by atoms with E-state index < -0.39 is 0 Å². The minimum atomic E-state index is 0.0351. The van der Waals surface area contributed by atoms with Gasteiger partial charge in [0.05, 0.1) is 5.56 Å². The van der Waals surface area contributed by atoms with Gasteiger partial charge in [-0.25, -0.2) is 4.98 Å². The number of halogens is 1. The number of hydrogen-bond donors (Lipinski definition) is 2. The van der Waals surface area contributed by atoms with Gasteiger partial charge in [-0.2, -0.15) is 0 Å². The highest BCUT2D eigenvalue weighted by atomic mass is 35.5. The van der Waals surface area contributed by atoms with Crippen molar-refractivity contribution in [3.63, 3.8) is 0 Å². The Morgan fingerprint density at radius 2 is 2.05 bits per heavy atom. The second-order valence-corrected chi connectivity index (χ2v) is 5.62. The number of nitrogens with zero attached hydrogens (tertiary/aromatic N) is 2. The Morgan fingerprint density at radius 1 is 1.33 bits per heavy atom. The van der Waals surface area contributed by atoms with Gasteiger partial charge in [0.1, 0.15) is 11.7 Å². The van der Waals surface area contributed by atoms with Gasteiger partial charge in [0.25, 0.3) is 0 Å². The Kier molecular flexibility index (Phi) is 4.48. The van der Waals surface area contributed by atoms with Gasteiger partial charge in [-0.3, -0.25) is 5.41 Å². The topological polar surface area (TPSA) is 66.0 Å². The van der Waals surface area contributed by atoms with Crippen LogP contribution in [-0.2, 0) is 6.54 Å². The summed E-state index contributed by atoms with van der Waals surface area (Å²) in [4.78, 5) is 6.53. The van der Waals surface area contributed by atoms with E-state index in [2.05, 4.69) is 4.98 Å². The SMILES string of the molecule is Cc1cc(C)c(C(=N)N)c(N(C)Cc2cccc(Cl)c2)n1. The lowest BCUT2D eigenvalue weighted by Crippen LogP contribution is -2.24. The standard InChI is InChI=1S/C16H19ClN4/c1-10-7-11(2)20-16(14(10)15(18)19)21(3)9-12-5-4-6-13(17)8-12/h4-8H,9H2,1-3H3,(H3,18,19). The summed E-state index contributed by atoms with van der Waals surface area (Å²) in [5.74, 6) is 0.757. The van der Waals surface area contributed by atoms with Crippen LogP contribution in [0.3, 0.4) is 0 Å². The Hall–Kier alpha value is -2.07. The van der Waals surface area contributed by atoms with Gasteiger partial charge < -0.3 is 10.6 Å². The summed E-state index contributed by atoms with van der Waals surface area (Å²) in [6.07, 6.45) is 0. The lowest BCUT2D eigenvalue weighted by molar-refractivity contribution is 0.887. The number of rotatable bonds is 4. The van der Waals surface area contributed by atoms with Crippen molar-refractivity contribution < 1.29 is 0 Å². The number of aryl methyl sites for hydroxylation is 2. The fraction of sp³-hybridized carbons (Fsp3) is 0.250. The number of hydrogen-bond acceptors (Lipinski definition) is 3. The van der Waals surface area contributed by atoms with Crippen molar-refractivity contribution in [3.05, 3.63) is 57.7 Å². The zero-order valence-electron chi connectivity index (χ0n) is 12.4. The van der Waals surface area contributed by atoms with Gasteiger partial charge in [0, 0.05) is 24.3 Å². The van der Waals surface area contributed by atoms with E-state index in [-0.39, 0.29) is 5.84 Å². The number of benzene rings is 1. The fourth-order valence-electron chi connectivity index (χ4n) is 2.41. The normalized spacial score (nSPS) is 10.5. The molecular weight excluding hydrogens is 284 g/mol. The van der Waals surface area contributed by atoms with Crippen molar-refractivity contribution in [3.8, 4) is 0 Å². The summed E-state index contributed by atoms with van der Waals surface area (Å²) in [5, 5.41) is 8.49. The molecule has 1 aromatic carbocycles. The third-order valence-electron chi connectivity index (χ3n) is 3.27. The Morgan fingerprint density at radius 3 is 2.67 bits per heavy atom. The number of nitrogens with one attached hydrogen (secondary N) is 1. The summed E-state index contributed by atoms with van der Waals surface area (Å²) in [5.41, 5.74) is 9.35. The largest absolute Gasteiger partial charge is 0.384 e. The molecule has 1 aromatic heterocycles. The zero-order chi connectivity index (χ0) is 15.6. The van der Waals surface area contributed by atoms with E-state index in [1.54, 1.807) is 0 Å². The number of nitrogen functional groups attached to an aromatic ring is 1. The molecule has 3 N–H and O–H groups in total. The average molecular weight is 303 g/mol. The summed E-state index contributed by atoms with van der Waals surface area (Å²) in [6, 6.07) is 9.65. The number of amidine groups is 1. The first-order chi connectivity index (χ1) is 9.88. The molecule has 110 valence electrons. The first-order valence-electron chi connectivity index (χ1n) is 6.66. The molecule has 0 fully saturated rings.